The molecule has 0 aromatic rings. The first-order valence-electron chi connectivity index (χ1n) is 0.548. The van der Waals surface area contributed by atoms with Gasteiger partial charge in [-0.2, -0.15) is 0 Å². The van der Waals surface area contributed by atoms with E-state index in [1.54, 1.807) is 0 Å². The van der Waals surface area contributed by atoms with E-state index in [0.717, 1.165) is 0 Å². The fourth-order valence-corrected chi connectivity index (χ4v) is 0. The third kappa shape index (κ3) is 965. The van der Waals surface area contributed by atoms with Crippen LogP contribution in [0.2, 0.25) is 0 Å². The molecule has 6 heavy (non-hydrogen) atoms. The Hall–Kier alpha value is -0.178. The zero-order valence-electron chi connectivity index (χ0n) is 2.49. The first kappa shape index (κ1) is 17.0. The minimum Gasteiger partial charge on any atom is -0.412 e. The zero-order valence-corrected chi connectivity index (χ0v) is 4.04. The van der Waals surface area contributed by atoms with Gasteiger partial charge in [0.15, 0.2) is 0 Å². The largest absolute Gasteiger partial charge is 2.00 e. The summed E-state index contributed by atoms with van der Waals surface area (Å²) < 4.78 is 0. The Balaban J connectivity index is -0.0000000450. The van der Waals surface area contributed by atoms with E-state index < -0.39 is 5.09 Å². The Morgan fingerprint density at radius 3 is 1.33 bits per heavy atom. The van der Waals surface area contributed by atoms with Gasteiger partial charge in [0.1, 0.15) is 0 Å². The molecule has 0 saturated heterocycles. The molecule has 0 atom stereocenters. The Kier molecular flexibility index (Phi) is 25.1. The van der Waals surface area contributed by atoms with Crippen molar-refractivity contribution in [1.29, 1.82) is 0 Å². The second-order valence-electron chi connectivity index (χ2n) is 0.224. The summed E-state index contributed by atoms with van der Waals surface area (Å²) in [7, 11) is 0. The van der Waals surface area contributed by atoms with Crippen molar-refractivity contribution < 1.29 is 31.0 Å². The Morgan fingerprint density at radius 1 is 1.33 bits per heavy atom. The molecule has 0 rings (SSSR count). The van der Waals surface area contributed by atoms with Gasteiger partial charge in [-0.3, -0.25) is 0 Å². The number of nitrogens with zero attached hydrogens (tertiary/aromatic N) is 1. The predicted octanol–water partition coefficient (Wildman–Crippen LogP) is -1.07. The molecule has 0 aromatic heterocycles. The molecule has 40 valence electrons. The second-order valence-corrected chi connectivity index (χ2v) is 0.224. The molecule has 0 saturated carbocycles. The van der Waals surface area contributed by atoms with E-state index in [1.165, 1.54) is 0 Å². The van der Waals surface area contributed by atoms with Crippen molar-refractivity contribution in [3.05, 3.63) is 15.3 Å². The Bertz CT molecular complexity index is 30.5. The van der Waals surface area contributed by atoms with Gasteiger partial charge in [-0.05, 0) is 0 Å². The van der Waals surface area contributed by atoms with E-state index in [9.17, 15) is 0 Å². The maximum absolute atomic E-state index is 8.25. The van der Waals surface area contributed by atoms with E-state index in [4.69, 9.17) is 15.3 Å². The maximum Gasteiger partial charge on any atom is 2.00 e. The smallest absolute Gasteiger partial charge is 0.412 e. The average Bonchev–Trinajstić information content (AvgIpc) is 0.811. The van der Waals surface area contributed by atoms with Crippen LogP contribution in [-0.4, -0.2) is 10.6 Å². The Morgan fingerprint density at radius 2 is 1.33 bits per heavy atom. The van der Waals surface area contributed by atoms with Gasteiger partial charge in [0.25, 0.3) is 0 Å². The summed E-state index contributed by atoms with van der Waals surface area (Å²) in [6, 6.07) is 0. The molecule has 0 radical (unpaired) electrons. The first-order chi connectivity index (χ1) is 1.73. The topological polar surface area (TPSA) is 97.7 Å². The van der Waals surface area contributed by atoms with Crippen molar-refractivity contribution >= 4 is 0 Å². The molecule has 0 aliphatic heterocycles. The molecule has 0 heterocycles. The van der Waals surface area contributed by atoms with Crippen molar-refractivity contribution in [3.8, 4) is 0 Å². The van der Waals surface area contributed by atoms with Gasteiger partial charge in [0.2, 0.25) is 0 Å². The van der Waals surface area contributed by atoms with Crippen molar-refractivity contribution in [2.24, 2.45) is 0 Å². The van der Waals surface area contributed by atoms with E-state index in [1.807, 2.05) is 0 Å². The normalized spacial score (nSPS) is 4.00. The van der Waals surface area contributed by atoms with Crippen LogP contribution in [0, 0.1) is 15.3 Å². The van der Waals surface area contributed by atoms with Gasteiger partial charge in [0, 0.05) is 0 Å². The van der Waals surface area contributed by atoms with Crippen LogP contribution in [-0.2, 0) is 20.4 Å². The van der Waals surface area contributed by atoms with Crippen molar-refractivity contribution in [2.75, 3.05) is 0 Å². The van der Waals surface area contributed by atoms with E-state index in [0.29, 0.717) is 0 Å². The van der Waals surface area contributed by atoms with Crippen molar-refractivity contribution in [1.82, 2.24) is 0 Å². The van der Waals surface area contributed by atoms with Crippen LogP contribution in [0.3, 0.4) is 0 Å². The summed E-state index contributed by atoms with van der Waals surface area (Å²) in [4.78, 5) is 8.25. The third-order valence-corrected chi connectivity index (χ3v) is 0. The van der Waals surface area contributed by atoms with Gasteiger partial charge in [-0.1, -0.05) is 0 Å². The van der Waals surface area contributed by atoms with Gasteiger partial charge in [-0.25, -0.2) is 0 Å². The summed E-state index contributed by atoms with van der Waals surface area (Å²) in [5.41, 5.74) is 0. The molecule has 0 aromatic carbocycles. The van der Waals surface area contributed by atoms with Crippen molar-refractivity contribution in [3.63, 3.8) is 0 Å². The van der Waals surface area contributed by atoms with Crippen LogP contribution in [0.15, 0.2) is 0 Å². The number of hydrogen-bond acceptors (Lipinski definition) is 3. The molecule has 0 unspecified atom stereocenters. The third-order valence-electron chi connectivity index (χ3n) is 0. The van der Waals surface area contributed by atoms with E-state index in [2.05, 4.69) is 0 Å². The van der Waals surface area contributed by atoms with E-state index in [-0.39, 0.29) is 25.9 Å². The van der Waals surface area contributed by atoms with Crippen LogP contribution in [0.4, 0.5) is 0 Å². The fraction of sp³-hybridized carbons (Fsp3) is 0. The molecule has 0 aliphatic carbocycles. The second kappa shape index (κ2) is 8.84. The summed E-state index contributed by atoms with van der Waals surface area (Å²) in [6.45, 7) is 0. The number of hydrogen-bond donors (Lipinski definition) is 0. The molecule has 5 nitrogen and oxygen atoms in total. The van der Waals surface area contributed by atoms with Crippen LogP contribution in [0.25, 0.3) is 0 Å². The average molecular weight is 186 g/mol. The summed E-state index contributed by atoms with van der Waals surface area (Å²) in [6.07, 6.45) is 0. The monoisotopic (exact) mass is 186 g/mol. The molecule has 0 aliphatic rings. The summed E-state index contributed by atoms with van der Waals surface area (Å²) >= 11 is 0. The predicted molar refractivity (Wildman–Crippen MR) is 14.0 cm³/mol. The SMILES string of the molecule is O.O=[N+]([O-])[O-].[Pd+2]. The van der Waals surface area contributed by atoms with Crippen molar-refractivity contribution in [2.45, 2.75) is 0 Å². The van der Waals surface area contributed by atoms with Crippen LogP contribution < -0.4 is 0 Å². The summed E-state index contributed by atoms with van der Waals surface area (Å²) in [5, 5.41) is 14.8. The quantitative estimate of drug-likeness (QED) is 0.274. The van der Waals surface area contributed by atoms with Crippen LogP contribution in [0.1, 0.15) is 0 Å². The fourth-order valence-electron chi connectivity index (χ4n) is 0. The maximum atomic E-state index is 8.25. The van der Waals surface area contributed by atoms with Gasteiger partial charge >= 0.3 is 20.4 Å². The minimum atomic E-state index is -1.75. The van der Waals surface area contributed by atoms with Gasteiger partial charge in [0.05, 0.1) is 5.09 Å². The standard InChI is InChI=1S/NO3.H2O.Pd/c2-1(3)4;;/h;1H2;/q-1;;+2. The molecule has 0 spiro atoms. The molecular weight excluding hydrogens is 184 g/mol. The molecule has 0 fully saturated rings. The van der Waals surface area contributed by atoms with Gasteiger partial charge < -0.3 is 20.8 Å². The molecular formula is H2NO4Pd+. The van der Waals surface area contributed by atoms with Crippen LogP contribution >= 0.6 is 0 Å². The molecule has 2 N–H and O–H groups in total. The minimum absolute atomic E-state index is 0. The zero-order chi connectivity index (χ0) is 3.58. The first-order valence-corrected chi connectivity index (χ1v) is 0.548. The Labute approximate surface area is 47.0 Å². The van der Waals surface area contributed by atoms with Gasteiger partial charge in [-0.15, -0.1) is 0 Å². The van der Waals surface area contributed by atoms with Crippen LogP contribution in [0.5, 0.6) is 0 Å². The molecule has 6 heteroatoms. The van der Waals surface area contributed by atoms with E-state index >= 15 is 0 Å². The molecule has 0 amide bonds. The molecule has 0 bridgehead atoms. The summed E-state index contributed by atoms with van der Waals surface area (Å²) in [5.74, 6) is 0. The number of rotatable bonds is 0.